The second kappa shape index (κ2) is 8.61. The summed E-state index contributed by atoms with van der Waals surface area (Å²) in [5.74, 6) is -2.46. The largest absolute Gasteiger partial charge is 0.451 e. The third kappa shape index (κ3) is 5.67. The van der Waals surface area contributed by atoms with Crippen molar-refractivity contribution in [2.45, 2.75) is 0 Å². The van der Waals surface area contributed by atoms with Gasteiger partial charge in [0.25, 0.3) is 11.8 Å². The van der Waals surface area contributed by atoms with Gasteiger partial charge < -0.3 is 19.3 Å². The molecular weight excluding hydrogens is 318 g/mol. The Morgan fingerprint density at radius 2 is 1.21 bits per heavy atom. The van der Waals surface area contributed by atoms with Gasteiger partial charge in [0.05, 0.1) is 0 Å². The molecule has 2 amide bonds. The van der Waals surface area contributed by atoms with E-state index in [1.165, 1.54) is 56.2 Å². The molecule has 1 rings (SSSR count). The summed E-state index contributed by atoms with van der Waals surface area (Å²) >= 11 is 0. The van der Waals surface area contributed by atoms with E-state index in [-0.39, 0.29) is 23.2 Å². The van der Waals surface area contributed by atoms with Crippen LogP contribution in [-0.2, 0) is 19.1 Å². The Morgan fingerprint density at radius 3 is 1.54 bits per heavy atom. The Kier molecular flexibility index (Phi) is 6.84. The third-order valence-electron chi connectivity index (χ3n) is 2.82. The Morgan fingerprint density at radius 1 is 0.833 bits per heavy atom. The van der Waals surface area contributed by atoms with Crippen LogP contribution in [0.25, 0.3) is 0 Å². The van der Waals surface area contributed by atoms with E-state index in [0.29, 0.717) is 0 Å². The van der Waals surface area contributed by atoms with Gasteiger partial charge in [-0.3, -0.25) is 9.59 Å². The summed E-state index contributed by atoms with van der Waals surface area (Å²) in [5, 5.41) is 0. The zero-order valence-corrected chi connectivity index (χ0v) is 13.9. The van der Waals surface area contributed by atoms with Crippen molar-refractivity contribution in [3.63, 3.8) is 0 Å². The lowest BCUT2D eigenvalue weighted by atomic mass is 10.3. The summed E-state index contributed by atoms with van der Waals surface area (Å²) in [6, 6.07) is 4.09. The highest BCUT2D eigenvalue weighted by Gasteiger charge is 2.17. The SMILES string of the molecule is CN(C)C(=O)COC(=O)c1cccc(C(=O)OCC(=O)N(C)C)n1. The molecule has 9 heteroatoms. The van der Waals surface area contributed by atoms with Gasteiger partial charge in [-0.15, -0.1) is 0 Å². The Balaban J connectivity index is 2.68. The fourth-order valence-corrected chi connectivity index (χ4v) is 1.32. The van der Waals surface area contributed by atoms with Gasteiger partial charge in [-0.2, -0.15) is 0 Å². The van der Waals surface area contributed by atoms with Gasteiger partial charge in [0.15, 0.2) is 13.2 Å². The van der Waals surface area contributed by atoms with Crippen LogP contribution in [0.3, 0.4) is 0 Å². The summed E-state index contributed by atoms with van der Waals surface area (Å²) < 4.78 is 9.62. The monoisotopic (exact) mass is 337 g/mol. The van der Waals surface area contributed by atoms with Crippen LogP contribution in [0, 0.1) is 0 Å². The minimum Gasteiger partial charge on any atom is -0.451 e. The maximum atomic E-state index is 11.8. The summed E-state index contributed by atoms with van der Waals surface area (Å²) in [4.78, 5) is 52.8. The lowest BCUT2D eigenvalue weighted by Gasteiger charge is -2.11. The van der Waals surface area contributed by atoms with Crippen molar-refractivity contribution in [1.82, 2.24) is 14.8 Å². The molecule has 0 radical (unpaired) electrons. The van der Waals surface area contributed by atoms with E-state index in [9.17, 15) is 19.2 Å². The minimum absolute atomic E-state index is 0.144. The Labute approximate surface area is 139 Å². The van der Waals surface area contributed by atoms with Crippen LogP contribution in [0.1, 0.15) is 21.0 Å². The molecule has 0 fully saturated rings. The summed E-state index contributed by atoms with van der Waals surface area (Å²) in [6.45, 7) is -0.862. The summed E-state index contributed by atoms with van der Waals surface area (Å²) in [6.07, 6.45) is 0. The highest BCUT2D eigenvalue weighted by atomic mass is 16.5. The predicted octanol–water partition coefficient (Wildman–Crippen LogP) is -0.428. The molecule has 0 saturated carbocycles. The zero-order chi connectivity index (χ0) is 18.3. The van der Waals surface area contributed by atoms with Crippen molar-refractivity contribution >= 4 is 23.8 Å². The van der Waals surface area contributed by atoms with Crippen LogP contribution >= 0.6 is 0 Å². The predicted molar refractivity (Wildman–Crippen MR) is 82.2 cm³/mol. The zero-order valence-electron chi connectivity index (χ0n) is 13.9. The van der Waals surface area contributed by atoms with Gasteiger partial charge in [0.2, 0.25) is 0 Å². The molecule has 0 unspecified atom stereocenters. The standard InChI is InChI=1S/C15H19N3O6/c1-17(2)12(19)8-23-14(21)10-6-5-7-11(16-10)15(22)24-9-13(20)18(3)4/h5-7H,8-9H2,1-4H3. The van der Waals surface area contributed by atoms with Crippen LogP contribution in [0.4, 0.5) is 0 Å². The highest BCUT2D eigenvalue weighted by molar-refractivity contribution is 5.93. The first-order valence-corrected chi connectivity index (χ1v) is 6.94. The van der Waals surface area contributed by atoms with Crippen LogP contribution in [0.15, 0.2) is 18.2 Å². The maximum absolute atomic E-state index is 11.8. The molecule has 0 spiro atoms. The number of ether oxygens (including phenoxy) is 2. The van der Waals surface area contributed by atoms with E-state index in [4.69, 9.17) is 9.47 Å². The smallest absolute Gasteiger partial charge is 0.357 e. The molecule has 0 aliphatic rings. The second-order valence-corrected chi connectivity index (χ2v) is 5.14. The molecule has 0 aliphatic carbocycles. The normalized spacial score (nSPS) is 9.83. The van der Waals surface area contributed by atoms with E-state index in [1.54, 1.807) is 0 Å². The molecule has 0 aliphatic heterocycles. The fourth-order valence-electron chi connectivity index (χ4n) is 1.32. The van der Waals surface area contributed by atoms with Crippen molar-refractivity contribution in [1.29, 1.82) is 0 Å². The van der Waals surface area contributed by atoms with Crippen LogP contribution in [0.2, 0.25) is 0 Å². The van der Waals surface area contributed by atoms with Gasteiger partial charge in [0, 0.05) is 28.2 Å². The number of carbonyl (C=O) groups is 4. The number of esters is 2. The highest BCUT2D eigenvalue weighted by Crippen LogP contribution is 2.04. The second-order valence-electron chi connectivity index (χ2n) is 5.14. The molecule has 1 aromatic rings. The van der Waals surface area contributed by atoms with Crippen LogP contribution < -0.4 is 0 Å². The average molecular weight is 337 g/mol. The Bertz CT molecular complexity index is 591. The first kappa shape index (κ1) is 19.1. The number of amides is 2. The molecule has 1 aromatic heterocycles. The number of hydrogen-bond donors (Lipinski definition) is 0. The number of pyridine rings is 1. The molecule has 1 heterocycles. The van der Waals surface area contributed by atoms with Gasteiger partial charge >= 0.3 is 11.9 Å². The first-order chi connectivity index (χ1) is 11.2. The number of aromatic nitrogens is 1. The average Bonchev–Trinajstić information content (AvgIpc) is 2.56. The van der Waals surface area contributed by atoms with Crippen molar-refractivity contribution in [3.8, 4) is 0 Å². The van der Waals surface area contributed by atoms with E-state index in [1.807, 2.05) is 0 Å². The lowest BCUT2D eigenvalue weighted by Crippen LogP contribution is -2.28. The van der Waals surface area contributed by atoms with E-state index < -0.39 is 25.2 Å². The number of carbonyl (C=O) groups excluding carboxylic acids is 4. The number of nitrogens with zero attached hydrogens (tertiary/aromatic N) is 3. The van der Waals surface area contributed by atoms with Crippen molar-refractivity contribution < 1.29 is 28.7 Å². The first-order valence-electron chi connectivity index (χ1n) is 6.94. The van der Waals surface area contributed by atoms with E-state index >= 15 is 0 Å². The molecule has 0 N–H and O–H groups in total. The molecule has 0 bridgehead atoms. The van der Waals surface area contributed by atoms with Crippen LogP contribution in [-0.4, -0.2) is 79.9 Å². The fraction of sp³-hybridized carbons (Fsp3) is 0.400. The van der Waals surface area contributed by atoms with Gasteiger partial charge in [-0.25, -0.2) is 14.6 Å². The van der Waals surface area contributed by atoms with Gasteiger partial charge in [-0.05, 0) is 12.1 Å². The van der Waals surface area contributed by atoms with Gasteiger partial charge in [-0.1, -0.05) is 6.07 Å². The number of hydrogen-bond acceptors (Lipinski definition) is 7. The summed E-state index contributed by atoms with van der Waals surface area (Å²) in [5.41, 5.74) is -0.287. The maximum Gasteiger partial charge on any atom is 0.357 e. The molecule has 130 valence electrons. The number of likely N-dealkylation sites (N-methyl/N-ethyl adjacent to an activating group) is 2. The topological polar surface area (TPSA) is 106 Å². The lowest BCUT2D eigenvalue weighted by molar-refractivity contribution is -0.132. The van der Waals surface area contributed by atoms with Crippen molar-refractivity contribution in [3.05, 3.63) is 29.6 Å². The van der Waals surface area contributed by atoms with Crippen molar-refractivity contribution in [2.24, 2.45) is 0 Å². The molecular formula is C15H19N3O6. The summed E-state index contributed by atoms with van der Waals surface area (Å²) in [7, 11) is 6.11. The molecule has 24 heavy (non-hydrogen) atoms. The molecule has 9 nitrogen and oxygen atoms in total. The molecule has 0 aromatic carbocycles. The van der Waals surface area contributed by atoms with Gasteiger partial charge in [0.1, 0.15) is 11.4 Å². The Hall–Kier alpha value is -2.97. The van der Waals surface area contributed by atoms with E-state index in [0.717, 1.165) is 0 Å². The molecule has 0 atom stereocenters. The number of rotatable bonds is 6. The van der Waals surface area contributed by atoms with Crippen LogP contribution in [0.5, 0.6) is 0 Å². The van der Waals surface area contributed by atoms with Crippen molar-refractivity contribution in [2.75, 3.05) is 41.4 Å². The molecule has 0 saturated heterocycles. The third-order valence-corrected chi connectivity index (χ3v) is 2.82. The quantitative estimate of drug-likeness (QED) is 0.649. The minimum atomic E-state index is -0.843. The van der Waals surface area contributed by atoms with E-state index in [2.05, 4.69) is 4.98 Å².